The van der Waals surface area contributed by atoms with Gasteiger partial charge in [0.25, 0.3) is 0 Å². The Morgan fingerprint density at radius 3 is 2.78 bits per heavy atom. The lowest BCUT2D eigenvalue weighted by atomic mass is 10.0. The van der Waals surface area contributed by atoms with Crippen LogP contribution in [0.3, 0.4) is 0 Å². The van der Waals surface area contributed by atoms with E-state index in [1.807, 2.05) is 0 Å². The fourth-order valence-electron chi connectivity index (χ4n) is 1.67. The normalized spacial score (nSPS) is 12.4. The molecule has 0 saturated heterocycles. The summed E-state index contributed by atoms with van der Waals surface area (Å²) in [6.45, 7) is 1.19. The maximum atomic E-state index is 13.5. The van der Waals surface area contributed by atoms with Gasteiger partial charge in [-0.3, -0.25) is 0 Å². The molecule has 2 rings (SSSR count). The van der Waals surface area contributed by atoms with E-state index in [0.29, 0.717) is 0 Å². The monoisotopic (exact) mass is 253 g/mol. The zero-order chi connectivity index (χ0) is 13.3. The maximum absolute atomic E-state index is 13.5. The van der Waals surface area contributed by atoms with Crippen LogP contribution in [0.15, 0.2) is 28.8 Å². The number of aromatic carboxylic acids is 1. The van der Waals surface area contributed by atoms with Crippen LogP contribution in [-0.2, 0) is 0 Å². The number of carbonyl (C=O) groups is 1. The first kappa shape index (κ1) is 12.2. The first-order valence-corrected chi connectivity index (χ1v) is 5.13. The van der Waals surface area contributed by atoms with Gasteiger partial charge in [-0.15, -0.1) is 0 Å². The molecule has 0 spiro atoms. The van der Waals surface area contributed by atoms with Crippen molar-refractivity contribution in [2.75, 3.05) is 0 Å². The van der Waals surface area contributed by atoms with Crippen molar-refractivity contribution in [3.63, 3.8) is 0 Å². The summed E-state index contributed by atoms with van der Waals surface area (Å²) in [5.74, 6) is -2.38. The minimum absolute atomic E-state index is 0.0893. The summed E-state index contributed by atoms with van der Waals surface area (Å²) in [6, 6.07) is 5.11. The number of carboxylic acid groups (broad SMARTS) is 1. The molecular formula is C12H9F2NO3. The molecule has 1 unspecified atom stereocenters. The highest BCUT2D eigenvalue weighted by molar-refractivity contribution is 5.85. The molecule has 4 nitrogen and oxygen atoms in total. The zero-order valence-corrected chi connectivity index (χ0v) is 9.35. The second-order valence-electron chi connectivity index (χ2n) is 3.70. The van der Waals surface area contributed by atoms with Gasteiger partial charge in [-0.05, 0) is 13.0 Å². The summed E-state index contributed by atoms with van der Waals surface area (Å²) in [5.41, 5.74) is 0.107. The Balaban J connectivity index is 2.56. The molecule has 1 aromatic carbocycles. The van der Waals surface area contributed by atoms with Crippen molar-refractivity contribution >= 4 is 5.97 Å². The van der Waals surface area contributed by atoms with Gasteiger partial charge >= 0.3 is 5.97 Å². The average molecular weight is 253 g/mol. The van der Waals surface area contributed by atoms with Gasteiger partial charge in [0.15, 0.2) is 0 Å². The summed E-state index contributed by atoms with van der Waals surface area (Å²) in [5, 5.41) is 12.2. The van der Waals surface area contributed by atoms with E-state index in [-0.39, 0.29) is 22.6 Å². The van der Waals surface area contributed by atoms with E-state index in [2.05, 4.69) is 9.68 Å². The summed E-state index contributed by atoms with van der Waals surface area (Å²) < 4.78 is 31.5. The predicted octanol–water partition coefficient (Wildman–Crippen LogP) is 3.21. The fourth-order valence-corrected chi connectivity index (χ4v) is 1.67. The Bertz CT molecular complexity index is 593. The van der Waals surface area contributed by atoms with Crippen molar-refractivity contribution in [3.05, 3.63) is 41.4 Å². The third kappa shape index (κ3) is 2.09. The molecule has 1 aromatic heterocycles. The van der Waals surface area contributed by atoms with Crippen molar-refractivity contribution < 1.29 is 23.2 Å². The molecule has 0 aliphatic carbocycles. The molecule has 0 amide bonds. The van der Waals surface area contributed by atoms with Gasteiger partial charge < -0.3 is 9.63 Å². The summed E-state index contributed by atoms with van der Waals surface area (Å²) >= 11 is 0. The molecule has 1 N–H and O–H groups in total. The van der Waals surface area contributed by atoms with Gasteiger partial charge in [0.2, 0.25) is 5.76 Å². The molecule has 0 aliphatic rings. The molecule has 18 heavy (non-hydrogen) atoms. The lowest BCUT2D eigenvalue weighted by Crippen LogP contribution is -1.96. The summed E-state index contributed by atoms with van der Waals surface area (Å²) in [7, 11) is 0. The Labute approximate surface area is 101 Å². The van der Waals surface area contributed by atoms with Crippen LogP contribution in [0.2, 0.25) is 0 Å². The molecule has 0 bridgehead atoms. The second-order valence-corrected chi connectivity index (χ2v) is 3.70. The molecule has 0 aliphatic heterocycles. The van der Waals surface area contributed by atoms with Crippen molar-refractivity contribution in [2.45, 2.75) is 13.1 Å². The predicted molar refractivity (Wildman–Crippen MR) is 58.4 cm³/mol. The lowest BCUT2D eigenvalue weighted by molar-refractivity contribution is 0.0652. The quantitative estimate of drug-likeness (QED) is 0.912. The van der Waals surface area contributed by atoms with E-state index in [1.165, 1.54) is 19.1 Å². The second kappa shape index (κ2) is 4.56. The largest absolute Gasteiger partial charge is 0.475 e. The van der Waals surface area contributed by atoms with E-state index in [4.69, 9.17) is 5.11 Å². The highest BCUT2D eigenvalue weighted by Crippen LogP contribution is 2.31. The maximum Gasteiger partial charge on any atom is 0.374 e. The summed E-state index contributed by atoms with van der Waals surface area (Å²) in [4.78, 5) is 10.6. The van der Waals surface area contributed by atoms with Gasteiger partial charge in [-0.25, -0.2) is 13.6 Å². The molecule has 6 heteroatoms. The molecule has 0 radical (unpaired) electrons. The fraction of sp³-hybridized carbons (Fsp3) is 0.167. The van der Waals surface area contributed by atoms with Crippen LogP contribution in [0.1, 0.15) is 29.2 Å². The van der Waals surface area contributed by atoms with Crippen LogP contribution in [0.5, 0.6) is 0 Å². The van der Waals surface area contributed by atoms with E-state index >= 15 is 0 Å². The SMILES string of the molecule is CC(F)c1c(F)cccc1-c1cc(C(=O)O)on1. The van der Waals surface area contributed by atoms with E-state index in [0.717, 1.165) is 12.1 Å². The first-order chi connectivity index (χ1) is 8.50. The molecule has 94 valence electrons. The van der Waals surface area contributed by atoms with E-state index in [9.17, 15) is 13.6 Å². The van der Waals surface area contributed by atoms with Gasteiger partial charge in [0.05, 0.1) is 0 Å². The average Bonchev–Trinajstić information content (AvgIpc) is 2.77. The number of rotatable bonds is 3. The number of alkyl halides is 1. The molecule has 0 fully saturated rings. The van der Waals surface area contributed by atoms with Crippen LogP contribution in [0, 0.1) is 5.82 Å². The Morgan fingerprint density at radius 1 is 1.50 bits per heavy atom. The van der Waals surface area contributed by atoms with Crippen LogP contribution in [0.4, 0.5) is 8.78 Å². The highest BCUT2D eigenvalue weighted by Gasteiger charge is 2.20. The number of carboxylic acids is 1. The van der Waals surface area contributed by atoms with Crippen LogP contribution < -0.4 is 0 Å². The van der Waals surface area contributed by atoms with Gasteiger partial charge in [-0.2, -0.15) is 0 Å². The molecule has 2 aromatic rings. The zero-order valence-electron chi connectivity index (χ0n) is 9.35. The smallest absolute Gasteiger partial charge is 0.374 e. The first-order valence-electron chi connectivity index (χ1n) is 5.13. The number of nitrogens with zero attached hydrogens (tertiary/aromatic N) is 1. The van der Waals surface area contributed by atoms with Gasteiger partial charge in [-0.1, -0.05) is 17.3 Å². The van der Waals surface area contributed by atoms with E-state index in [1.54, 1.807) is 0 Å². The highest BCUT2D eigenvalue weighted by atomic mass is 19.1. The number of hydrogen-bond donors (Lipinski definition) is 1. The van der Waals surface area contributed by atoms with Crippen molar-refractivity contribution in [1.82, 2.24) is 5.16 Å². The topological polar surface area (TPSA) is 63.3 Å². The standard InChI is InChI=1S/C12H9F2NO3/c1-6(13)11-7(3-2-4-8(11)14)9-5-10(12(16)17)18-15-9/h2-6H,1H3,(H,16,17). The van der Waals surface area contributed by atoms with Crippen LogP contribution in [-0.4, -0.2) is 16.2 Å². The Morgan fingerprint density at radius 2 is 2.22 bits per heavy atom. The molecule has 1 atom stereocenters. The van der Waals surface area contributed by atoms with Crippen molar-refractivity contribution in [2.24, 2.45) is 0 Å². The molecular weight excluding hydrogens is 244 g/mol. The van der Waals surface area contributed by atoms with E-state index < -0.39 is 18.0 Å². The van der Waals surface area contributed by atoms with Crippen LogP contribution in [0.25, 0.3) is 11.3 Å². The van der Waals surface area contributed by atoms with Crippen molar-refractivity contribution in [3.8, 4) is 11.3 Å². The molecule has 1 heterocycles. The summed E-state index contributed by atoms with van der Waals surface area (Å²) in [6.07, 6.45) is -1.54. The van der Waals surface area contributed by atoms with Crippen LogP contribution >= 0.6 is 0 Å². The number of benzene rings is 1. The lowest BCUT2D eigenvalue weighted by Gasteiger charge is -2.08. The Hall–Kier alpha value is -2.24. The van der Waals surface area contributed by atoms with Crippen molar-refractivity contribution in [1.29, 1.82) is 0 Å². The minimum Gasteiger partial charge on any atom is -0.475 e. The third-order valence-corrected chi connectivity index (χ3v) is 2.45. The number of aromatic nitrogens is 1. The Kier molecular flexibility index (Phi) is 3.10. The molecule has 0 saturated carbocycles. The number of halogens is 2. The third-order valence-electron chi connectivity index (χ3n) is 2.45. The minimum atomic E-state index is -1.54. The van der Waals surface area contributed by atoms with Gasteiger partial charge in [0, 0.05) is 17.2 Å². The van der Waals surface area contributed by atoms with Gasteiger partial charge in [0.1, 0.15) is 17.7 Å². The number of hydrogen-bond acceptors (Lipinski definition) is 3.